The van der Waals surface area contributed by atoms with Gasteiger partial charge >= 0.3 is 5.97 Å². The molecule has 0 aliphatic heterocycles. The predicted molar refractivity (Wildman–Crippen MR) is 130 cm³/mol. The van der Waals surface area contributed by atoms with Gasteiger partial charge < -0.3 is 15.1 Å². The SMILES string of the molecule is CC(C)Cc1ccc([C@@H](C)C(=O)O)cc1.CCC(c1cccc(O)c1)[C@@H](C)CN(C)C. The molecular formula is C27H41NO3. The van der Waals surface area contributed by atoms with Crippen molar-refractivity contribution in [2.24, 2.45) is 11.8 Å². The molecular weight excluding hydrogens is 386 g/mol. The van der Waals surface area contributed by atoms with Crippen molar-refractivity contribution >= 4 is 5.97 Å². The van der Waals surface area contributed by atoms with Gasteiger partial charge in [0.15, 0.2) is 0 Å². The molecule has 4 nitrogen and oxygen atoms in total. The highest BCUT2D eigenvalue weighted by atomic mass is 16.4. The van der Waals surface area contributed by atoms with Gasteiger partial charge in [-0.2, -0.15) is 0 Å². The van der Waals surface area contributed by atoms with Crippen LogP contribution in [0.3, 0.4) is 0 Å². The molecule has 2 aromatic carbocycles. The van der Waals surface area contributed by atoms with Gasteiger partial charge in [-0.3, -0.25) is 4.79 Å². The molecule has 3 atom stereocenters. The number of hydrogen-bond acceptors (Lipinski definition) is 3. The topological polar surface area (TPSA) is 60.8 Å². The minimum absolute atomic E-state index is 0.369. The van der Waals surface area contributed by atoms with E-state index in [0.717, 1.165) is 24.9 Å². The number of phenols is 1. The van der Waals surface area contributed by atoms with Crippen LogP contribution in [-0.2, 0) is 11.2 Å². The summed E-state index contributed by atoms with van der Waals surface area (Å²) in [6.07, 6.45) is 2.15. The fourth-order valence-electron chi connectivity index (χ4n) is 3.98. The van der Waals surface area contributed by atoms with E-state index in [9.17, 15) is 9.90 Å². The zero-order chi connectivity index (χ0) is 23.6. The number of nitrogens with zero attached hydrogens (tertiary/aromatic N) is 1. The average molecular weight is 428 g/mol. The molecule has 2 aromatic rings. The molecule has 0 spiro atoms. The largest absolute Gasteiger partial charge is 0.508 e. The number of rotatable bonds is 9. The van der Waals surface area contributed by atoms with Crippen molar-refractivity contribution in [2.75, 3.05) is 20.6 Å². The van der Waals surface area contributed by atoms with Gasteiger partial charge in [0.1, 0.15) is 5.75 Å². The van der Waals surface area contributed by atoms with Crippen LogP contribution in [-0.4, -0.2) is 41.7 Å². The van der Waals surface area contributed by atoms with Crippen molar-refractivity contribution in [3.63, 3.8) is 0 Å². The lowest BCUT2D eigenvalue weighted by molar-refractivity contribution is -0.138. The quantitative estimate of drug-likeness (QED) is 0.503. The average Bonchev–Trinajstić information content (AvgIpc) is 2.68. The third-order valence-corrected chi connectivity index (χ3v) is 5.57. The van der Waals surface area contributed by atoms with Crippen molar-refractivity contribution in [1.82, 2.24) is 4.90 Å². The minimum atomic E-state index is -0.772. The van der Waals surface area contributed by atoms with Crippen LogP contribution >= 0.6 is 0 Å². The zero-order valence-corrected chi connectivity index (χ0v) is 20.3. The Balaban J connectivity index is 0.000000311. The van der Waals surface area contributed by atoms with Crippen LogP contribution < -0.4 is 0 Å². The van der Waals surface area contributed by atoms with E-state index >= 15 is 0 Å². The van der Waals surface area contributed by atoms with Crippen molar-refractivity contribution in [3.8, 4) is 5.75 Å². The number of phenolic OH excluding ortho intramolecular Hbond substituents is 1. The van der Waals surface area contributed by atoms with Gasteiger partial charge in [-0.15, -0.1) is 0 Å². The van der Waals surface area contributed by atoms with Gasteiger partial charge in [-0.25, -0.2) is 0 Å². The number of aromatic hydroxyl groups is 1. The first-order valence-corrected chi connectivity index (χ1v) is 11.3. The fourth-order valence-corrected chi connectivity index (χ4v) is 3.98. The Morgan fingerprint density at radius 3 is 2.03 bits per heavy atom. The second-order valence-electron chi connectivity index (χ2n) is 9.25. The predicted octanol–water partition coefficient (Wildman–Crippen LogP) is 6.16. The molecule has 0 amide bonds. The number of hydrogen-bond donors (Lipinski definition) is 2. The summed E-state index contributed by atoms with van der Waals surface area (Å²) in [6, 6.07) is 15.5. The van der Waals surface area contributed by atoms with Crippen molar-refractivity contribution < 1.29 is 15.0 Å². The fraction of sp³-hybridized carbons (Fsp3) is 0.519. The van der Waals surface area contributed by atoms with Gasteiger partial charge in [-0.05, 0) is 80.4 Å². The molecule has 0 aromatic heterocycles. The van der Waals surface area contributed by atoms with Crippen LogP contribution in [0.4, 0.5) is 0 Å². The first kappa shape index (κ1) is 26.7. The van der Waals surface area contributed by atoms with Crippen LogP contribution in [0.2, 0.25) is 0 Å². The van der Waals surface area contributed by atoms with E-state index in [-0.39, 0.29) is 0 Å². The van der Waals surface area contributed by atoms with E-state index < -0.39 is 11.9 Å². The summed E-state index contributed by atoms with van der Waals surface area (Å²) in [4.78, 5) is 13.0. The Hall–Kier alpha value is -2.33. The smallest absolute Gasteiger partial charge is 0.310 e. The normalized spacial score (nSPS) is 14.0. The lowest BCUT2D eigenvalue weighted by Gasteiger charge is -2.26. The van der Waals surface area contributed by atoms with Crippen LogP contribution in [0.1, 0.15) is 69.6 Å². The molecule has 172 valence electrons. The second-order valence-corrected chi connectivity index (χ2v) is 9.25. The van der Waals surface area contributed by atoms with Crippen molar-refractivity contribution in [3.05, 3.63) is 65.2 Å². The number of carbonyl (C=O) groups is 1. The highest BCUT2D eigenvalue weighted by Gasteiger charge is 2.18. The van der Waals surface area contributed by atoms with Gasteiger partial charge in [0.25, 0.3) is 0 Å². The molecule has 0 aliphatic rings. The number of carboxylic acid groups (broad SMARTS) is 1. The van der Waals surface area contributed by atoms with Gasteiger partial charge in [-0.1, -0.05) is 64.1 Å². The Kier molecular flexibility index (Phi) is 11.3. The van der Waals surface area contributed by atoms with E-state index in [1.165, 1.54) is 11.1 Å². The molecule has 0 fully saturated rings. The van der Waals surface area contributed by atoms with Crippen LogP contribution in [0.15, 0.2) is 48.5 Å². The van der Waals surface area contributed by atoms with E-state index in [4.69, 9.17) is 5.11 Å². The molecule has 0 radical (unpaired) electrons. The Bertz CT molecular complexity index is 783. The zero-order valence-electron chi connectivity index (χ0n) is 20.3. The van der Waals surface area contributed by atoms with Crippen LogP contribution in [0.5, 0.6) is 5.75 Å². The highest BCUT2D eigenvalue weighted by molar-refractivity contribution is 5.75. The standard InChI is InChI=1S/C14H23NO.C13H18O2/c1-5-14(11(2)10-15(3)4)12-7-6-8-13(16)9-12;1-9(2)8-11-4-6-12(7-5-11)10(3)13(14)15/h6-9,11,14,16H,5,10H2,1-4H3;4-7,9-10H,8H2,1-3H3,(H,14,15)/t11-,14?;10-/m01/s1. The van der Waals surface area contributed by atoms with Gasteiger partial charge in [0.05, 0.1) is 5.92 Å². The van der Waals surface area contributed by atoms with E-state index in [1.54, 1.807) is 13.0 Å². The number of aliphatic carboxylic acids is 1. The molecule has 31 heavy (non-hydrogen) atoms. The maximum atomic E-state index is 10.8. The minimum Gasteiger partial charge on any atom is -0.508 e. The third-order valence-electron chi connectivity index (χ3n) is 5.57. The number of benzene rings is 2. The highest BCUT2D eigenvalue weighted by Crippen LogP contribution is 2.30. The summed E-state index contributed by atoms with van der Waals surface area (Å²) >= 11 is 0. The first-order chi connectivity index (χ1) is 14.5. The second kappa shape index (κ2) is 13.2. The summed E-state index contributed by atoms with van der Waals surface area (Å²) in [6.45, 7) is 11.6. The summed E-state index contributed by atoms with van der Waals surface area (Å²) in [5.41, 5.74) is 3.39. The third kappa shape index (κ3) is 9.56. The molecule has 2 N–H and O–H groups in total. The molecule has 2 rings (SSSR count). The molecule has 0 saturated heterocycles. The molecule has 4 heteroatoms. The van der Waals surface area contributed by atoms with Crippen molar-refractivity contribution in [1.29, 1.82) is 0 Å². The molecule has 0 aliphatic carbocycles. The first-order valence-electron chi connectivity index (χ1n) is 11.3. The maximum absolute atomic E-state index is 10.8. The Morgan fingerprint density at radius 1 is 0.968 bits per heavy atom. The lowest BCUT2D eigenvalue weighted by atomic mass is 9.85. The van der Waals surface area contributed by atoms with E-state index in [0.29, 0.717) is 23.5 Å². The molecule has 0 saturated carbocycles. The van der Waals surface area contributed by atoms with Gasteiger partial charge in [0.2, 0.25) is 0 Å². The maximum Gasteiger partial charge on any atom is 0.310 e. The Morgan fingerprint density at radius 2 is 1.58 bits per heavy atom. The lowest BCUT2D eigenvalue weighted by Crippen LogP contribution is -2.24. The summed E-state index contributed by atoms with van der Waals surface area (Å²) in [5, 5.41) is 18.4. The summed E-state index contributed by atoms with van der Waals surface area (Å²) < 4.78 is 0. The molecule has 1 unspecified atom stereocenters. The summed E-state index contributed by atoms with van der Waals surface area (Å²) in [7, 11) is 4.21. The molecule has 0 heterocycles. The summed E-state index contributed by atoms with van der Waals surface area (Å²) in [5.74, 6) is 0.932. The number of carboxylic acids is 1. The molecule has 0 bridgehead atoms. The van der Waals surface area contributed by atoms with E-state index in [1.807, 2.05) is 36.4 Å². The van der Waals surface area contributed by atoms with E-state index in [2.05, 4.69) is 52.8 Å². The van der Waals surface area contributed by atoms with Crippen molar-refractivity contribution in [2.45, 2.75) is 59.3 Å². The van der Waals surface area contributed by atoms with Crippen LogP contribution in [0, 0.1) is 11.8 Å². The van der Waals surface area contributed by atoms with Crippen LogP contribution in [0.25, 0.3) is 0 Å². The monoisotopic (exact) mass is 427 g/mol. The van der Waals surface area contributed by atoms with Gasteiger partial charge in [0, 0.05) is 6.54 Å². The Labute approximate surface area is 188 Å².